The number of hydrogen-bond donors (Lipinski definition) is 1. The highest BCUT2D eigenvalue weighted by Crippen LogP contribution is 2.21. The van der Waals surface area contributed by atoms with Gasteiger partial charge in [-0.15, -0.1) is 0 Å². The summed E-state index contributed by atoms with van der Waals surface area (Å²) >= 11 is 0. The Hall–Kier alpha value is -1.91. The molecule has 4 nitrogen and oxygen atoms in total. The number of aliphatic carboxylic acids is 1. The second kappa shape index (κ2) is 6.46. The Kier molecular flexibility index (Phi) is 4.41. The summed E-state index contributed by atoms with van der Waals surface area (Å²) in [6.07, 6.45) is 0.556. The number of carbonyl (C=O) groups is 1. The molecule has 2 aromatic rings. The van der Waals surface area contributed by atoms with Gasteiger partial charge in [0.15, 0.2) is 0 Å². The van der Waals surface area contributed by atoms with Crippen molar-refractivity contribution in [3.8, 4) is 0 Å². The molecule has 3 rings (SSSR count). The highest BCUT2D eigenvalue weighted by molar-refractivity contribution is 5.86. The lowest BCUT2D eigenvalue weighted by Gasteiger charge is -2.36. The molecule has 0 bridgehead atoms. The highest BCUT2D eigenvalue weighted by Gasteiger charge is 2.28. The number of nitrogens with zero attached hydrogens (tertiary/aromatic N) is 2. The first-order valence-corrected chi connectivity index (χ1v) is 7.77. The van der Waals surface area contributed by atoms with Crippen molar-refractivity contribution in [3.63, 3.8) is 0 Å². The number of hydrogen-bond acceptors (Lipinski definition) is 3. The van der Waals surface area contributed by atoms with Gasteiger partial charge in [0.25, 0.3) is 0 Å². The Morgan fingerprint density at radius 2 is 1.77 bits per heavy atom. The molecule has 22 heavy (non-hydrogen) atoms. The lowest BCUT2D eigenvalue weighted by Crippen LogP contribution is -2.52. The number of piperazine rings is 1. The van der Waals surface area contributed by atoms with Crippen LogP contribution in [0.25, 0.3) is 10.8 Å². The van der Waals surface area contributed by atoms with E-state index in [1.165, 1.54) is 5.39 Å². The zero-order valence-electron chi connectivity index (χ0n) is 12.9. The van der Waals surface area contributed by atoms with Crippen molar-refractivity contribution in [1.82, 2.24) is 9.80 Å². The van der Waals surface area contributed by atoms with Crippen LogP contribution in [0.5, 0.6) is 0 Å². The van der Waals surface area contributed by atoms with Crippen molar-refractivity contribution in [2.24, 2.45) is 0 Å². The van der Waals surface area contributed by atoms with Crippen molar-refractivity contribution >= 4 is 16.7 Å². The van der Waals surface area contributed by atoms with Crippen LogP contribution in [-0.4, -0.2) is 60.1 Å². The number of fused-ring (bicyclic) bond motifs is 1. The van der Waals surface area contributed by atoms with Crippen LogP contribution in [-0.2, 0) is 11.2 Å². The molecule has 0 amide bonds. The smallest absolute Gasteiger partial charge is 0.321 e. The minimum atomic E-state index is -0.725. The van der Waals surface area contributed by atoms with Crippen LogP contribution in [0, 0.1) is 0 Å². The van der Waals surface area contributed by atoms with E-state index in [4.69, 9.17) is 0 Å². The van der Waals surface area contributed by atoms with Crippen LogP contribution in [0.3, 0.4) is 0 Å². The van der Waals surface area contributed by atoms with Gasteiger partial charge < -0.3 is 10.0 Å². The Morgan fingerprint density at radius 1 is 1.09 bits per heavy atom. The van der Waals surface area contributed by atoms with Gasteiger partial charge in [0, 0.05) is 26.2 Å². The summed E-state index contributed by atoms with van der Waals surface area (Å²) in [5, 5.41) is 12.0. The molecule has 1 aliphatic rings. The molecule has 2 aromatic carbocycles. The standard InChI is InChI=1S/C18H22N2O2/c1-19-9-11-20(12-10-19)17(18(21)22)13-15-7-4-6-14-5-2-3-8-16(14)15/h2-8,17H,9-13H2,1H3,(H,21,22). The predicted molar refractivity (Wildman–Crippen MR) is 88.1 cm³/mol. The van der Waals surface area contributed by atoms with Gasteiger partial charge in [0.1, 0.15) is 6.04 Å². The summed E-state index contributed by atoms with van der Waals surface area (Å²) in [7, 11) is 2.08. The molecule has 1 atom stereocenters. The first-order chi connectivity index (χ1) is 10.6. The van der Waals surface area contributed by atoms with Crippen molar-refractivity contribution in [2.75, 3.05) is 33.2 Å². The van der Waals surface area contributed by atoms with E-state index in [9.17, 15) is 9.90 Å². The first-order valence-electron chi connectivity index (χ1n) is 7.77. The van der Waals surface area contributed by atoms with Crippen molar-refractivity contribution < 1.29 is 9.90 Å². The molecule has 0 aliphatic carbocycles. The Bertz CT molecular complexity index is 658. The van der Waals surface area contributed by atoms with Gasteiger partial charge in [-0.05, 0) is 29.8 Å². The lowest BCUT2D eigenvalue weighted by atomic mass is 9.97. The van der Waals surface area contributed by atoms with Crippen molar-refractivity contribution in [1.29, 1.82) is 0 Å². The van der Waals surface area contributed by atoms with Crippen LogP contribution >= 0.6 is 0 Å². The van der Waals surface area contributed by atoms with Gasteiger partial charge >= 0.3 is 5.97 Å². The minimum absolute atomic E-state index is 0.445. The number of benzene rings is 2. The Morgan fingerprint density at radius 3 is 2.50 bits per heavy atom. The van der Waals surface area contributed by atoms with E-state index in [1.807, 2.05) is 24.3 Å². The highest BCUT2D eigenvalue weighted by atomic mass is 16.4. The maximum absolute atomic E-state index is 11.8. The van der Waals surface area contributed by atoms with Gasteiger partial charge in [-0.2, -0.15) is 0 Å². The largest absolute Gasteiger partial charge is 0.480 e. The van der Waals surface area contributed by atoms with Crippen molar-refractivity contribution in [3.05, 3.63) is 48.0 Å². The number of rotatable bonds is 4. The van der Waals surface area contributed by atoms with E-state index in [1.54, 1.807) is 0 Å². The van der Waals surface area contributed by atoms with Gasteiger partial charge in [-0.1, -0.05) is 42.5 Å². The third-order valence-corrected chi connectivity index (χ3v) is 4.56. The molecule has 1 N–H and O–H groups in total. The van der Waals surface area contributed by atoms with Crippen LogP contribution < -0.4 is 0 Å². The van der Waals surface area contributed by atoms with E-state index in [2.05, 4.69) is 35.0 Å². The summed E-state index contributed by atoms with van der Waals surface area (Å²) in [6.45, 7) is 3.50. The van der Waals surface area contributed by atoms with Crippen LogP contribution in [0.15, 0.2) is 42.5 Å². The normalized spacial score (nSPS) is 18.4. The fraction of sp³-hybridized carbons (Fsp3) is 0.389. The molecule has 0 spiro atoms. The lowest BCUT2D eigenvalue weighted by molar-refractivity contribution is -0.144. The summed E-state index contributed by atoms with van der Waals surface area (Å²) in [4.78, 5) is 16.1. The second-order valence-electron chi connectivity index (χ2n) is 6.04. The molecular weight excluding hydrogens is 276 g/mol. The van der Waals surface area contributed by atoms with E-state index in [0.717, 1.165) is 37.1 Å². The maximum atomic E-state index is 11.8. The van der Waals surface area contributed by atoms with Crippen LogP contribution in [0.1, 0.15) is 5.56 Å². The summed E-state index contributed by atoms with van der Waals surface area (Å²) in [5.74, 6) is -0.725. The maximum Gasteiger partial charge on any atom is 0.321 e. The number of carboxylic acids is 1. The summed E-state index contributed by atoms with van der Waals surface area (Å²) in [5.41, 5.74) is 1.12. The fourth-order valence-corrected chi connectivity index (χ4v) is 3.18. The topological polar surface area (TPSA) is 43.8 Å². The van der Waals surface area contributed by atoms with E-state index in [-0.39, 0.29) is 0 Å². The molecule has 1 unspecified atom stereocenters. The van der Waals surface area contributed by atoms with Crippen LogP contribution in [0.2, 0.25) is 0 Å². The molecule has 116 valence electrons. The molecule has 0 saturated carbocycles. The SMILES string of the molecule is CN1CCN(C(Cc2cccc3ccccc23)C(=O)O)CC1. The van der Waals surface area contributed by atoms with E-state index < -0.39 is 12.0 Å². The molecule has 0 aromatic heterocycles. The van der Waals surface area contributed by atoms with Gasteiger partial charge in [-0.25, -0.2) is 0 Å². The molecule has 1 fully saturated rings. The molecule has 0 radical (unpaired) electrons. The Labute approximate surface area is 131 Å². The van der Waals surface area contributed by atoms with Gasteiger partial charge in [0.05, 0.1) is 0 Å². The second-order valence-corrected chi connectivity index (χ2v) is 6.04. The predicted octanol–water partition coefficient (Wildman–Crippen LogP) is 2.08. The molecule has 1 aliphatic heterocycles. The zero-order chi connectivity index (χ0) is 15.5. The monoisotopic (exact) mass is 298 g/mol. The third-order valence-electron chi connectivity index (χ3n) is 4.56. The van der Waals surface area contributed by atoms with Gasteiger partial charge in [-0.3, -0.25) is 9.69 Å². The Balaban J connectivity index is 1.85. The van der Waals surface area contributed by atoms with E-state index >= 15 is 0 Å². The molecule has 1 heterocycles. The number of carboxylic acid groups (broad SMARTS) is 1. The average molecular weight is 298 g/mol. The quantitative estimate of drug-likeness (QED) is 0.938. The summed E-state index contributed by atoms with van der Waals surface area (Å²) in [6, 6.07) is 13.9. The van der Waals surface area contributed by atoms with E-state index in [0.29, 0.717) is 6.42 Å². The molecular formula is C18H22N2O2. The van der Waals surface area contributed by atoms with Gasteiger partial charge in [0.2, 0.25) is 0 Å². The average Bonchev–Trinajstić information content (AvgIpc) is 2.53. The summed E-state index contributed by atoms with van der Waals surface area (Å²) < 4.78 is 0. The fourth-order valence-electron chi connectivity index (χ4n) is 3.18. The number of likely N-dealkylation sites (N-methyl/N-ethyl adjacent to an activating group) is 1. The first kappa shape index (κ1) is 15.0. The molecule has 1 saturated heterocycles. The van der Waals surface area contributed by atoms with Crippen LogP contribution in [0.4, 0.5) is 0 Å². The minimum Gasteiger partial charge on any atom is -0.480 e. The van der Waals surface area contributed by atoms with Crippen molar-refractivity contribution in [2.45, 2.75) is 12.5 Å². The zero-order valence-corrected chi connectivity index (χ0v) is 12.9. The third kappa shape index (κ3) is 3.13. The molecule has 4 heteroatoms.